The van der Waals surface area contributed by atoms with Gasteiger partial charge in [-0.1, -0.05) is 23.7 Å². The van der Waals surface area contributed by atoms with Crippen LogP contribution >= 0.6 is 11.6 Å². The Labute approximate surface area is 170 Å². The molecule has 2 aromatic rings. The molecule has 1 aliphatic heterocycles. The molecule has 1 N–H and O–H groups in total. The van der Waals surface area contributed by atoms with Crippen LogP contribution in [0.15, 0.2) is 48.5 Å². The van der Waals surface area contributed by atoms with Crippen LogP contribution in [-0.2, 0) is 16.0 Å². The van der Waals surface area contributed by atoms with Gasteiger partial charge in [-0.15, -0.1) is 0 Å². The third-order valence-corrected chi connectivity index (χ3v) is 5.01. The molecular weight excluding hydrogens is 376 g/mol. The van der Waals surface area contributed by atoms with Crippen LogP contribution in [0.5, 0.6) is 5.75 Å². The SMILES string of the molecule is CC(C)(Oc1ccc(Cl)cc1)C(=O)Nc1ccc(CC(=O)N2CCCC2)cc1. The van der Waals surface area contributed by atoms with Crippen LogP contribution in [0.25, 0.3) is 0 Å². The molecule has 0 radical (unpaired) electrons. The molecule has 3 rings (SSSR count). The highest BCUT2D eigenvalue weighted by molar-refractivity contribution is 6.30. The molecule has 0 saturated carbocycles. The third-order valence-electron chi connectivity index (χ3n) is 4.76. The van der Waals surface area contributed by atoms with E-state index in [9.17, 15) is 9.59 Å². The summed E-state index contributed by atoms with van der Waals surface area (Å²) in [4.78, 5) is 26.8. The van der Waals surface area contributed by atoms with Crippen LogP contribution in [0.2, 0.25) is 5.02 Å². The van der Waals surface area contributed by atoms with Crippen molar-refractivity contribution in [3.05, 3.63) is 59.1 Å². The number of amides is 2. The summed E-state index contributed by atoms with van der Waals surface area (Å²) in [5.74, 6) is 0.468. The first-order chi connectivity index (χ1) is 13.3. The number of rotatable bonds is 6. The van der Waals surface area contributed by atoms with E-state index < -0.39 is 5.60 Å². The minimum atomic E-state index is -1.06. The molecule has 0 aliphatic carbocycles. The number of halogens is 1. The van der Waals surface area contributed by atoms with Gasteiger partial charge in [0.15, 0.2) is 5.60 Å². The lowest BCUT2D eigenvalue weighted by Crippen LogP contribution is -2.42. The van der Waals surface area contributed by atoms with E-state index >= 15 is 0 Å². The second kappa shape index (κ2) is 8.65. The van der Waals surface area contributed by atoms with E-state index in [2.05, 4.69) is 5.32 Å². The lowest BCUT2D eigenvalue weighted by Gasteiger charge is -2.25. The molecule has 0 spiro atoms. The maximum atomic E-state index is 12.6. The molecule has 1 aliphatic rings. The Hall–Kier alpha value is -2.53. The van der Waals surface area contributed by atoms with Gasteiger partial charge in [0, 0.05) is 23.8 Å². The average Bonchev–Trinajstić information content (AvgIpc) is 3.20. The summed E-state index contributed by atoms with van der Waals surface area (Å²) in [7, 11) is 0. The molecule has 1 saturated heterocycles. The molecule has 5 nitrogen and oxygen atoms in total. The molecule has 0 aromatic heterocycles. The Bertz CT molecular complexity index is 826. The highest BCUT2D eigenvalue weighted by atomic mass is 35.5. The van der Waals surface area contributed by atoms with Gasteiger partial charge in [0.25, 0.3) is 5.91 Å². The second-order valence-corrected chi connectivity index (χ2v) is 7.92. The van der Waals surface area contributed by atoms with Crippen LogP contribution in [0.4, 0.5) is 5.69 Å². The Morgan fingerprint density at radius 2 is 1.64 bits per heavy atom. The summed E-state index contributed by atoms with van der Waals surface area (Å²) in [5.41, 5.74) is 0.541. The maximum absolute atomic E-state index is 12.6. The zero-order valence-corrected chi connectivity index (χ0v) is 17.0. The fourth-order valence-electron chi connectivity index (χ4n) is 3.08. The highest BCUT2D eigenvalue weighted by Crippen LogP contribution is 2.22. The summed E-state index contributed by atoms with van der Waals surface area (Å²) in [6.07, 6.45) is 2.56. The van der Waals surface area contributed by atoms with E-state index in [4.69, 9.17) is 16.3 Å². The van der Waals surface area contributed by atoms with Crippen LogP contribution < -0.4 is 10.1 Å². The first kappa shape index (κ1) is 20.2. The average molecular weight is 401 g/mol. The number of hydrogen-bond donors (Lipinski definition) is 1. The smallest absolute Gasteiger partial charge is 0.267 e. The molecule has 0 unspecified atom stereocenters. The molecule has 1 heterocycles. The maximum Gasteiger partial charge on any atom is 0.267 e. The lowest BCUT2D eigenvalue weighted by atomic mass is 10.1. The number of hydrogen-bond acceptors (Lipinski definition) is 3. The first-order valence-corrected chi connectivity index (χ1v) is 9.84. The summed E-state index contributed by atoms with van der Waals surface area (Å²) in [6, 6.07) is 14.2. The van der Waals surface area contributed by atoms with Gasteiger partial charge in [-0.3, -0.25) is 9.59 Å². The van der Waals surface area contributed by atoms with E-state index in [0.717, 1.165) is 31.5 Å². The van der Waals surface area contributed by atoms with Crippen molar-refractivity contribution in [3.8, 4) is 5.75 Å². The van der Waals surface area contributed by atoms with Crippen molar-refractivity contribution in [3.63, 3.8) is 0 Å². The quantitative estimate of drug-likeness (QED) is 0.786. The number of ether oxygens (including phenoxy) is 1. The van der Waals surface area contributed by atoms with Crippen molar-refractivity contribution in [1.29, 1.82) is 0 Å². The van der Waals surface area contributed by atoms with E-state index in [1.165, 1.54) is 0 Å². The Morgan fingerprint density at radius 1 is 1.04 bits per heavy atom. The van der Waals surface area contributed by atoms with Gasteiger partial charge in [-0.2, -0.15) is 0 Å². The summed E-state index contributed by atoms with van der Waals surface area (Å²) in [5, 5.41) is 3.47. The molecule has 0 atom stereocenters. The van der Waals surface area contributed by atoms with Crippen molar-refractivity contribution in [2.24, 2.45) is 0 Å². The van der Waals surface area contributed by atoms with Gasteiger partial charge < -0.3 is 15.0 Å². The fourth-order valence-corrected chi connectivity index (χ4v) is 3.21. The Balaban J connectivity index is 1.57. The van der Waals surface area contributed by atoms with E-state index in [0.29, 0.717) is 22.9 Å². The number of benzene rings is 2. The van der Waals surface area contributed by atoms with Gasteiger partial charge >= 0.3 is 0 Å². The molecular formula is C22H25ClN2O3. The fraction of sp³-hybridized carbons (Fsp3) is 0.364. The number of carbonyl (C=O) groups is 2. The Kier molecular flexibility index (Phi) is 6.25. The lowest BCUT2D eigenvalue weighted by molar-refractivity contribution is -0.129. The summed E-state index contributed by atoms with van der Waals surface area (Å²) >= 11 is 5.88. The molecule has 2 aromatic carbocycles. The zero-order valence-electron chi connectivity index (χ0n) is 16.2. The van der Waals surface area contributed by atoms with Crippen LogP contribution in [0.3, 0.4) is 0 Å². The predicted molar refractivity (Wildman–Crippen MR) is 111 cm³/mol. The third kappa shape index (κ3) is 5.26. The number of anilines is 1. The van der Waals surface area contributed by atoms with Crippen molar-refractivity contribution < 1.29 is 14.3 Å². The van der Waals surface area contributed by atoms with Gasteiger partial charge in [0.05, 0.1) is 6.42 Å². The monoisotopic (exact) mass is 400 g/mol. The number of nitrogens with zero attached hydrogens (tertiary/aromatic N) is 1. The summed E-state index contributed by atoms with van der Waals surface area (Å²) in [6.45, 7) is 5.13. The van der Waals surface area contributed by atoms with E-state index in [-0.39, 0.29) is 11.8 Å². The van der Waals surface area contributed by atoms with Crippen LogP contribution in [0.1, 0.15) is 32.3 Å². The number of carbonyl (C=O) groups excluding carboxylic acids is 2. The van der Waals surface area contributed by atoms with Gasteiger partial charge in [0.2, 0.25) is 5.91 Å². The first-order valence-electron chi connectivity index (χ1n) is 9.46. The summed E-state index contributed by atoms with van der Waals surface area (Å²) < 4.78 is 5.80. The van der Waals surface area contributed by atoms with Crippen molar-refractivity contribution in [2.45, 2.75) is 38.7 Å². The molecule has 1 fully saturated rings. The molecule has 28 heavy (non-hydrogen) atoms. The van der Waals surface area contributed by atoms with Gasteiger partial charge in [-0.25, -0.2) is 0 Å². The molecule has 2 amide bonds. The van der Waals surface area contributed by atoms with Crippen LogP contribution in [-0.4, -0.2) is 35.4 Å². The van der Waals surface area contributed by atoms with Crippen LogP contribution in [0, 0.1) is 0 Å². The number of nitrogens with one attached hydrogen (secondary N) is 1. The van der Waals surface area contributed by atoms with Gasteiger partial charge in [0.1, 0.15) is 5.75 Å². The largest absolute Gasteiger partial charge is 0.478 e. The standard InChI is InChI=1S/C22H25ClN2O3/c1-22(2,28-19-11-7-17(23)8-12-19)21(27)24-18-9-5-16(6-10-18)15-20(26)25-13-3-4-14-25/h5-12H,3-4,13-15H2,1-2H3,(H,24,27). The van der Waals surface area contributed by atoms with Crippen molar-refractivity contribution in [2.75, 3.05) is 18.4 Å². The second-order valence-electron chi connectivity index (χ2n) is 7.48. The normalized spacial score (nSPS) is 14.0. The topological polar surface area (TPSA) is 58.6 Å². The van der Waals surface area contributed by atoms with E-state index in [1.807, 2.05) is 29.2 Å². The van der Waals surface area contributed by atoms with Crippen molar-refractivity contribution >= 4 is 29.1 Å². The van der Waals surface area contributed by atoms with E-state index in [1.54, 1.807) is 38.1 Å². The minimum Gasteiger partial charge on any atom is -0.478 e. The molecule has 148 valence electrons. The minimum absolute atomic E-state index is 0.159. The Morgan fingerprint density at radius 3 is 2.25 bits per heavy atom. The number of likely N-dealkylation sites (tertiary alicyclic amines) is 1. The zero-order chi connectivity index (χ0) is 20.1. The molecule has 0 bridgehead atoms. The highest BCUT2D eigenvalue weighted by Gasteiger charge is 2.30. The molecule has 6 heteroatoms. The van der Waals surface area contributed by atoms with Crippen molar-refractivity contribution in [1.82, 2.24) is 4.90 Å². The predicted octanol–water partition coefficient (Wildman–Crippen LogP) is 4.30. The van der Waals surface area contributed by atoms with Gasteiger partial charge in [-0.05, 0) is 68.7 Å².